The second-order valence-electron chi connectivity index (χ2n) is 15.4. The number of nitrogens with zero attached hydrogens (tertiary/aromatic N) is 1. The van der Waals surface area contributed by atoms with Crippen LogP contribution in [-0.2, 0) is 14.3 Å². The monoisotopic (exact) mass is 726 g/mol. The summed E-state index contributed by atoms with van der Waals surface area (Å²) in [5, 5.41) is 34.1. The van der Waals surface area contributed by atoms with E-state index >= 15 is 0 Å². The number of carbonyl (C=O) groups excluding carboxylic acids is 2. The molecule has 0 aliphatic carbocycles. The molecule has 0 aromatic rings. The molecule has 0 aromatic carbocycles. The van der Waals surface area contributed by atoms with Crippen LogP contribution in [0.3, 0.4) is 0 Å². The minimum absolute atomic E-state index is 0.0864. The first-order chi connectivity index (χ1) is 24.9. The molecule has 1 fully saturated rings. The highest BCUT2D eigenvalue weighted by Crippen LogP contribution is 2.26. The molecule has 9 heteroatoms. The number of unbranched alkanes of at least 4 members (excludes halogenated alkanes) is 27. The molecular formula is C42H83N3O6. The van der Waals surface area contributed by atoms with Gasteiger partial charge in [0.2, 0.25) is 11.8 Å². The fraction of sp³-hybridized carbons (Fsp3) is 0.952. The number of ether oxygens (including phenoxy) is 1. The Labute approximate surface area is 313 Å². The van der Waals surface area contributed by atoms with E-state index in [0.29, 0.717) is 13.0 Å². The molecule has 2 amide bonds. The van der Waals surface area contributed by atoms with E-state index in [0.717, 1.165) is 38.5 Å². The Bertz CT molecular complexity index is 817. The zero-order chi connectivity index (χ0) is 37.4. The van der Waals surface area contributed by atoms with Crippen LogP contribution < -0.4 is 11.1 Å². The van der Waals surface area contributed by atoms with Crippen molar-refractivity contribution in [3.8, 4) is 0 Å². The summed E-state index contributed by atoms with van der Waals surface area (Å²) in [6.45, 7) is 4.15. The predicted molar refractivity (Wildman–Crippen MR) is 210 cm³/mol. The SMILES string of the molecule is CCCCCCCCCCCCCCCCCC(=O)N(CCCCCCCCCCCCCCCC)[C@@H]1O[C@H](CO)[C@@H](O)[C@H](O)[C@H]1NC(=O)CN. The Balaban J connectivity index is 2.51. The minimum Gasteiger partial charge on any atom is -0.394 e. The largest absolute Gasteiger partial charge is 0.394 e. The van der Waals surface area contributed by atoms with E-state index in [1.54, 1.807) is 4.90 Å². The maximum atomic E-state index is 13.7. The summed E-state index contributed by atoms with van der Waals surface area (Å²) in [6, 6.07) is -1.05. The summed E-state index contributed by atoms with van der Waals surface area (Å²) < 4.78 is 6.05. The molecule has 6 N–H and O–H groups in total. The molecule has 1 aliphatic heterocycles. The second kappa shape index (κ2) is 33.3. The number of aliphatic hydroxyl groups excluding tert-OH is 3. The van der Waals surface area contributed by atoms with E-state index < -0.39 is 43.1 Å². The maximum Gasteiger partial charge on any atom is 0.234 e. The van der Waals surface area contributed by atoms with E-state index in [1.165, 1.54) is 148 Å². The predicted octanol–water partition coefficient (Wildman–Crippen LogP) is 8.44. The van der Waals surface area contributed by atoms with Gasteiger partial charge in [-0.2, -0.15) is 0 Å². The van der Waals surface area contributed by atoms with E-state index in [9.17, 15) is 24.9 Å². The van der Waals surface area contributed by atoms with Gasteiger partial charge in [-0.3, -0.25) is 9.59 Å². The summed E-state index contributed by atoms with van der Waals surface area (Å²) in [5.41, 5.74) is 5.55. The van der Waals surface area contributed by atoms with Crippen molar-refractivity contribution in [1.29, 1.82) is 0 Å². The number of carbonyl (C=O) groups is 2. The van der Waals surface area contributed by atoms with Crippen molar-refractivity contribution in [1.82, 2.24) is 10.2 Å². The fourth-order valence-electron chi connectivity index (χ4n) is 7.43. The molecule has 1 saturated heterocycles. The van der Waals surface area contributed by atoms with E-state index in [2.05, 4.69) is 19.2 Å². The Morgan fingerprint density at radius 2 is 0.961 bits per heavy atom. The molecule has 302 valence electrons. The molecule has 1 rings (SSSR count). The first-order valence-corrected chi connectivity index (χ1v) is 21.8. The number of hydrogen-bond donors (Lipinski definition) is 5. The van der Waals surface area contributed by atoms with Gasteiger partial charge in [-0.25, -0.2) is 0 Å². The highest BCUT2D eigenvalue weighted by molar-refractivity contribution is 5.79. The van der Waals surface area contributed by atoms with Gasteiger partial charge in [0.1, 0.15) is 24.4 Å². The van der Waals surface area contributed by atoms with Crippen LogP contribution >= 0.6 is 0 Å². The van der Waals surface area contributed by atoms with Crippen LogP contribution in [-0.4, -0.2) is 82.3 Å². The van der Waals surface area contributed by atoms with E-state index in [1.807, 2.05) is 0 Å². The smallest absolute Gasteiger partial charge is 0.234 e. The van der Waals surface area contributed by atoms with Crippen LogP contribution in [0.1, 0.15) is 206 Å². The molecule has 5 atom stereocenters. The average molecular weight is 726 g/mol. The third-order valence-corrected chi connectivity index (χ3v) is 10.8. The Kier molecular flexibility index (Phi) is 31.2. The van der Waals surface area contributed by atoms with Crippen LogP contribution in [0.2, 0.25) is 0 Å². The van der Waals surface area contributed by atoms with Crippen molar-refractivity contribution < 1.29 is 29.6 Å². The molecule has 51 heavy (non-hydrogen) atoms. The van der Waals surface area contributed by atoms with E-state index in [-0.39, 0.29) is 12.5 Å². The molecule has 0 spiro atoms. The van der Waals surface area contributed by atoms with Crippen LogP contribution in [0.5, 0.6) is 0 Å². The first kappa shape index (κ1) is 47.8. The summed E-state index contributed by atoms with van der Waals surface area (Å²) in [5.74, 6) is -0.592. The van der Waals surface area contributed by atoms with Gasteiger partial charge in [0.25, 0.3) is 0 Å². The number of nitrogens with one attached hydrogen (secondary N) is 1. The van der Waals surface area contributed by atoms with Gasteiger partial charge >= 0.3 is 0 Å². The Hall–Kier alpha value is -1.26. The average Bonchev–Trinajstić information content (AvgIpc) is 3.13. The standard InChI is InChI=1S/C42H83N3O6/c1-3-5-7-9-11-13-15-17-19-20-22-24-26-28-30-32-38(48)45(33-31-29-27-25-23-21-18-16-14-12-10-8-6-4-2)42-39(44-37(47)34-43)41(50)40(49)36(35-46)51-42/h36,39-42,46,49-50H,3-35,43H2,1-2H3,(H,44,47)/t36-,39-,40-,41-,42-/m1/s1. The van der Waals surface area contributed by atoms with Crippen molar-refractivity contribution in [2.75, 3.05) is 19.7 Å². The molecule has 1 aliphatic rings. The van der Waals surface area contributed by atoms with Gasteiger partial charge in [-0.15, -0.1) is 0 Å². The maximum absolute atomic E-state index is 13.7. The van der Waals surface area contributed by atoms with Crippen molar-refractivity contribution in [2.24, 2.45) is 5.73 Å². The van der Waals surface area contributed by atoms with Gasteiger partial charge in [0.05, 0.1) is 13.2 Å². The minimum atomic E-state index is -1.41. The molecule has 9 nitrogen and oxygen atoms in total. The summed E-state index contributed by atoms with van der Waals surface area (Å²) in [4.78, 5) is 27.7. The van der Waals surface area contributed by atoms with Crippen molar-refractivity contribution in [2.45, 2.75) is 237 Å². The van der Waals surface area contributed by atoms with Crippen LogP contribution in [0, 0.1) is 0 Å². The van der Waals surface area contributed by atoms with Gasteiger partial charge in [-0.05, 0) is 12.8 Å². The lowest BCUT2D eigenvalue weighted by molar-refractivity contribution is -0.231. The van der Waals surface area contributed by atoms with Gasteiger partial charge < -0.3 is 36.0 Å². The number of aliphatic hydroxyl groups is 3. The second-order valence-corrected chi connectivity index (χ2v) is 15.4. The van der Waals surface area contributed by atoms with Crippen LogP contribution in [0.25, 0.3) is 0 Å². The highest BCUT2D eigenvalue weighted by Gasteiger charge is 2.48. The molecule has 0 radical (unpaired) electrons. The molecule has 0 aromatic heterocycles. The molecule has 0 bridgehead atoms. The van der Waals surface area contributed by atoms with Crippen molar-refractivity contribution >= 4 is 11.8 Å². The first-order valence-electron chi connectivity index (χ1n) is 21.8. The molecule has 0 saturated carbocycles. The van der Waals surface area contributed by atoms with Gasteiger partial charge in [-0.1, -0.05) is 187 Å². The third kappa shape index (κ3) is 23.2. The quantitative estimate of drug-likeness (QED) is 0.0413. The summed E-state index contributed by atoms with van der Waals surface area (Å²) >= 11 is 0. The van der Waals surface area contributed by atoms with Gasteiger partial charge in [0, 0.05) is 13.0 Å². The highest BCUT2D eigenvalue weighted by atomic mass is 16.5. The van der Waals surface area contributed by atoms with E-state index in [4.69, 9.17) is 10.5 Å². The molecule has 0 unspecified atom stereocenters. The molecule has 1 heterocycles. The number of rotatable bonds is 35. The normalized spacial score (nSPS) is 20.5. The third-order valence-electron chi connectivity index (χ3n) is 10.8. The lowest BCUT2D eigenvalue weighted by atomic mass is 9.94. The fourth-order valence-corrected chi connectivity index (χ4v) is 7.43. The summed E-state index contributed by atoms with van der Waals surface area (Å²) in [7, 11) is 0. The number of nitrogens with two attached hydrogens (primary N) is 1. The zero-order valence-electron chi connectivity index (χ0n) is 33.3. The lowest BCUT2D eigenvalue weighted by Gasteiger charge is -2.46. The van der Waals surface area contributed by atoms with Crippen molar-refractivity contribution in [3.63, 3.8) is 0 Å². The number of hydrogen-bond acceptors (Lipinski definition) is 7. The van der Waals surface area contributed by atoms with Crippen molar-refractivity contribution in [3.05, 3.63) is 0 Å². The summed E-state index contributed by atoms with van der Waals surface area (Å²) in [6.07, 6.45) is 31.6. The Morgan fingerprint density at radius 3 is 1.33 bits per heavy atom. The zero-order valence-corrected chi connectivity index (χ0v) is 33.3. The lowest BCUT2D eigenvalue weighted by Crippen LogP contribution is -2.69. The van der Waals surface area contributed by atoms with Crippen LogP contribution in [0.15, 0.2) is 0 Å². The Morgan fingerprint density at radius 1 is 0.588 bits per heavy atom. The van der Waals surface area contributed by atoms with Crippen LogP contribution in [0.4, 0.5) is 0 Å². The topological polar surface area (TPSA) is 145 Å². The molecular weight excluding hydrogens is 642 g/mol. The number of amides is 2. The van der Waals surface area contributed by atoms with Gasteiger partial charge in [0.15, 0.2) is 6.23 Å².